The summed E-state index contributed by atoms with van der Waals surface area (Å²) in [5.74, 6) is 0.319. The molecule has 17 heavy (non-hydrogen) atoms. The Morgan fingerprint density at radius 1 is 1.41 bits per heavy atom. The van der Waals surface area contributed by atoms with E-state index in [0.29, 0.717) is 5.75 Å². The Labute approximate surface area is 107 Å². The SMILES string of the molecule is CC(C)NC(C)(CSc1ccccc1)C(N)=O. The summed E-state index contributed by atoms with van der Waals surface area (Å²) < 4.78 is 0. The van der Waals surface area contributed by atoms with Gasteiger partial charge in [0.2, 0.25) is 5.91 Å². The Balaban J connectivity index is 2.65. The van der Waals surface area contributed by atoms with Gasteiger partial charge in [-0.3, -0.25) is 4.79 Å². The number of nitrogens with two attached hydrogens (primary N) is 1. The average Bonchev–Trinajstić information content (AvgIpc) is 2.27. The third-order valence-corrected chi connectivity index (χ3v) is 3.75. The molecule has 94 valence electrons. The first-order valence-corrected chi connectivity index (χ1v) is 6.68. The predicted octanol–water partition coefficient (Wildman–Crippen LogP) is 2.02. The molecule has 1 aromatic carbocycles. The highest BCUT2D eigenvalue weighted by Crippen LogP contribution is 2.22. The van der Waals surface area contributed by atoms with Gasteiger partial charge in [0.25, 0.3) is 0 Å². The van der Waals surface area contributed by atoms with Crippen molar-refractivity contribution in [3.63, 3.8) is 0 Å². The van der Waals surface area contributed by atoms with E-state index in [1.165, 1.54) is 0 Å². The van der Waals surface area contributed by atoms with Gasteiger partial charge in [-0.2, -0.15) is 0 Å². The third-order valence-electron chi connectivity index (χ3n) is 2.42. The largest absolute Gasteiger partial charge is 0.368 e. The van der Waals surface area contributed by atoms with Gasteiger partial charge in [0.05, 0.1) is 0 Å². The minimum Gasteiger partial charge on any atom is -0.368 e. The van der Waals surface area contributed by atoms with Crippen molar-refractivity contribution in [3.8, 4) is 0 Å². The lowest BCUT2D eigenvalue weighted by Gasteiger charge is -2.29. The molecule has 0 spiro atoms. The van der Waals surface area contributed by atoms with E-state index in [1.54, 1.807) is 11.8 Å². The van der Waals surface area contributed by atoms with Crippen molar-refractivity contribution in [2.75, 3.05) is 5.75 Å². The second-order valence-corrected chi connectivity index (χ2v) is 5.65. The zero-order valence-corrected chi connectivity index (χ0v) is 11.4. The molecule has 0 saturated heterocycles. The maximum absolute atomic E-state index is 11.5. The van der Waals surface area contributed by atoms with Crippen molar-refractivity contribution in [2.24, 2.45) is 5.73 Å². The van der Waals surface area contributed by atoms with Crippen molar-refractivity contribution >= 4 is 17.7 Å². The molecule has 3 N–H and O–H groups in total. The number of carbonyl (C=O) groups excluding carboxylic acids is 1. The zero-order chi connectivity index (χ0) is 12.9. The lowest BCUT2D eigenvalue weighted by atomic mass is 10.0. The average molecular weight is 252 g/mol. The Bertz CT molecular complexity index is 367. The molecule has 1 aromatic rings. The number of thioether (sulfide) groups is 1. The molecular formula is C13H20N2OS. The van der Waals surface area contributed by atoms with Crippen LogP contribution in [0.1, 0.15) is 20.8 Å². The van der Waals surface area contributed by atoms with Crippen LogP contribution >= 0.6 is 11.8 Å². The topological polar surface area (TPSA) is 55.1 Å². The maximum atomic E-state index is 11.5. The van der Waals surface area contributed by atoms with Gasteiger partial charge in [-0.15, -0.1) is 11.8 Å². The fourth-order valence-electron chi connectivity index (χ4n) is 1.57. The summed E-state index contributed by atoms with van der Waals surface area (Å²) in [5, 5.41) is 3.23. The van der Waals surface area contributed by atoms with Gasteiger partial charge in [0.1, 0.15) is 5.54 Å². The molecule has 0 aliphatic carbocycles. The number of rotatable bonds is 6. The van der Waals surface area contributed by atoms with Crippen LogP contribution < -0.4 is 11.1 Å². The highest BCUT2D eigenvalue weighted by atomic mass is 32.2. The molecule has 1 amide bonds. The smallest absolute Gasteiger partial charge is 0.238 e. The van der Waals surface area contributed by atoms with E-state index in [0.717, 1.165) is 4.90 Å². The molecule has 0 fully saturated rings. The molecule has 0 heterocycles. The number of nitrogens with one attached hydrogen (secondary N) is 1. The number of amides is 1. The van der Waals surface area contributed by atoms with Gasteiger partial charge in [-0.05, 0) is 32.9 Å². The summed E-state index contributed by atoms with van der Waals surface area (Å²) in [5.41, 5.74) is 4.80. The van der Waals surface area contributed by atoms with Gasteiger partial charge in [0.15, 0.2) is 0 Å². The first-order chi connectivity index (χ1) is 7.94. The minimum absolute atomic E-state index is 0.226. The Kier molecular flexibility index (Phi) is 5.02. The second-order valence-electron chi connectivity index (χ2n) is 4.60. The summed E-state index contributed by atoms with van der Waals surface area (Å²) in [6.45, 7) is 5.87. The molecule has 1 unspecified atom stereocenters. The van der Waals surface area contributed by atoms with Crippen LogP contribution in [0.15, 0.2) is 35.2 Å². The summed E-state index contributed by atoms with van der Waals surface area (Å²) in [6.07, 6.45) is 0. The van der Waals surface area contributed by atoms with E-state index in [1.807, 2.05) is 51.1 Å². The Morgan fingerprint density at radius 2 is 2.00 bits per heavy atom. The molecule has 1 rings (SSSR count). The van der Waals surface area contributed by atoms with Crippen LogP contribution in [0.4, 0.5) is 0 Å². The van der Waals surface area contributed by atoms with Crippen molar-refractivity contribution in [1.82, 2.24) is 5.32 Å². The lowest BCUT2D eigenvalue weighted by molar-refractivity contribution is -0.123. The standard InChI is InChI=1S/C13H20N2OS/c1-10(2)15-13(3,12(14)16)9-17-11-7-5-4-6-8-11/h4-8,10,15H,9H2,1-3H3,(H2,14,16). The van der Waals surface area contributed by atoms with Gasteiger partial charge >= 0.3 is 0 Å². The molecule has 4 heteroatoms. The highest BCUT2D eigenvalue weighted by Gasteiger charge is 2.31. The van der Waals surface area contributed by atoms with E-state index in [2.05, 4.69) is 5.32 Å². The third kappa shape index (κ3) is 4.40. The maximum Gasteiger partial charge on any atom is 0.238 e. The van der Waals surface area contributed by atoms with Crippen LogP contribution in [0.3, 0.4) is 0 Å². The molecular weight excluding hydrogens is 232 g/mol. The summed E-state index contributed by atoms with van der Waals surface area (Å²) in [4.78, 5) is 12.7. The molecule has 0 aliphatic heterocycles. The molecule has 0 saturated carbocycles. The zero-order valence-electron chi connectivity index (χ0n) is 10.6. The van der Waals surface area contributed by atoms with Crippen LogP contribution in [-0.4, -0.2) is 23.2 Å². The van der Waals surface area contributed by atoms with Crippen molar-refractivity contribution < 1.29 is 4.79 Å². The van der Waals surface area contributed by atoms with Crippen LogP contribution in [0.2, 0.25) is 0 Å². The van der Waals surface area contributed by atoms with Gasteiger partial charge in [0, 0.05) is 16.7 Å². The van der Waals surface area contributed by atoms with E-state index in [9.17, 15) is 4.79 Å². The van der Waals surface area contributed by atoms with Gasteiger partial charge < -0.3 is 11.1 Å². The molecule has 1 atom stereocenters. The molecule has 0 aliphatic rings. The molecule has 0 radical (unpaired) electrons. The quantitative estimate of drug-likeness (QED) is 0.762. The van der Waals surface area contributed by atoms with E-state index < -0.39 is 5.54 Å². The number of primary amides is 1. The van der Waals surface area contributed by atoms with Crippen LogP contribution in [0, 0.1) is 0 Å². The summed E-state index contributed by atoms with van der Waals surface area (Å²) >= 11 is 1.63. The first-order valence-electron chi connectivity index (χ1n) is 5.69. The Morgan fingerprint density at radius 3 is 2.47 bits per heavy atom. The summed E-state index contributed by atoms with van der Waals surface area (Å²) in [7, 11) is 0. The number of hydrogen-bond acceptors (Lipinski definition) is 3. The normalized spacial score (nSPS) is 14.6. The van der Waals surface area contributed by atoms with Crippen molar-refractivity contribution in [2.45, 2.75) is 37.2 Å². The first kappa shape index (κ1) is 14.1. The lowest BCUT2D eigenvalue weighted by Crippen LogP contribution is -2.57. The number of hydrogen-bond donors (Lipinski definition) is 2. The predicted molar refractivity (Wildman–Crippen MR) is 73.0 cm³/mol. The van der Waals surface area contributed by atoms with Gasteiger partial charge in [-0.1, -0.05) is 18.2 Å². The van der Waals surface area contributed by atoms with Crippen molar-refractivity contribution in [3.05, 3.63) is 30.3 Å². The highest BCUT2D eigenvalue weighted by molar-refractivity contribution is 7.99. The fraction of sp³-hybridized carbons (Fsp3) is 0.462. The van der Waals surface area contributed by atoms with Gasteiger partial charge in [-0.25, -0.2) is 0 Å². The number of benzene rings is 1. The molecule has 0 aromatic heterocycles. The second kappa shape index (κ2) is 6.07. The van der Waals surface area contributed by atoms with Crippen LogP contribution in [-0.2, 0) is 4.79 Å². The molecule has 3 nitrogen and oxygen atoms in total. The minimum atomic E-state index is -0.672. The van der Waals surface area contributed by atoms with Crippen molar-refractivity contribution in [1.29, 1.82) is 0 Å². The monoisotopic (exact) mass is 252 g/mol. The Hall–Kier alpha value is -1.00. The molecule has 0 bridgehead atoms. The van der Waals surface area contributed by atoms with E-state index in [-0.39, 0.29) is 11.9 Å². The van der Waals surface area contributed by atoms with Crippen LogP contribution in [0.5, 0.6) is 0 Å². The van der Waals surface area contributed by atoms with Crippen LogP contribution in [0.25, 0.3) is 0 Å². The fourth-order valence-corrected chi connectivity index (χ4v) is 2.60. The van der Waals surface area contributed by atoms with E-state index in [4.69, 9.17) is 5.73 Å². The van der Waals surface area contributed by atoms with E-state index >= 15 is 0 Å². The summed E-state index contributed by atoms with van der Waals surface area (Å²) in [6, 6.07) is 10.2. The number of carbonyl (C=O) groups is 1.